The van der Waals surface area contributed by atoms with Gasteiger partial charge in [-0.2, -0.15) is 0 Å². The van der Waals surface area contributed by atoms with Crippen molar-refractivity contribution in [2.75, 3.05) is 30.4 Å². The first-order valence-electron chi connectivity index (χ1n) is 7.91. The molecule has 1 aromatic heterocycles. The van der Waals surface area contributed by atoms with Crippen molar-refractivity contribution in [3.8, 4) is 0 Å². The van der Waals surface area contributed by atoms with Crippen molar-refractivity contribution in [3.05, 3.63) is 48.2 Å². The molecule has 1 fully saturated rings. The third-order valence-corrected chi connectivity index (χ3v) is 4.19. The molecular formula is C17H21N5O2. The van der Waals surface area contributed by atoms with Crippen molar-refractivity contribution in [1.29, 1.82) is 0 Å². The molecule has 0 radical (unpaired) electrons. The highest BCUT2D eigenvalue weighted by atomic mass is 16.5. The Morgan fingerprint density at radius 3 is 2.71 bits per heavy atom. The summed E-state index contributed by atoms with van der Waals surface area (Å²) >= 11 is 0. The fourth-order valence-corrected chi connectivity index (χ4v) is 2.86. The SMILES string of the molecule is CO[C@H]1C[C@@H](CN)N(c2ccc(C(=O)Nc3ccccc3)nn2)C1. The Kier molecular flexibility index (Phi) is 5.02. The van der Waals surface area contributed by atoms with Gasteiger partial charge >= 0.3 is 0 Å². The number of methoxy groups -OCH3 is 1. The second-order valence-corrected chi connectivity index (χ2v) is 5.73. The average Bonchev–Trinajstić information content (AvgIpc) is 3.06. The zero-order valence-corrected chi connectivity index (χ0v) is 13.6. The van der Waals surface area contributed by atoms with Gasteiger partial charge < -0.3 is 20.7 Å². The van der Waals surface area contributed by atoms with E-state index in [9.17, 15) is 4.79 Å². The molecule has 1 amide bonds. The van der Waals surface area contributed by atoms with Crippen molar-refractivity contribution in [2.24, 2.45) is 5.73 Å². The first-order chi connectivity index (χ1) is 11.7. The first kappa shape index (κ1) is 16.4. The number of hydrogen-bond donors (Lipinski definition) is 2. The molecule has 2 heterocycles. The largest absolute Gasteiger partial charge is 0.380 e. The lowest BCUT2D eigenvalue weighted by molar-refractivity contribution is 0.102. The number of rotatable bonds is 5. The molecule has 0 unspecified atom stereocenters. The zero-order valence-electron chi connectivity index (χ0n) is 13.6. The maximum absolute atomic E-state index is 12.2. The molecule has 0 bridgehead atoms. The van der Waals surface area contributed by atoms with E-state index in [1.165, 1.54) is 0 Å². The molecular weight excluding hydrogens is 306 g/mol. The maximum Gasteiger partial charge on any atom is 0.276 e. The Hall–Kier alpha value is -2.51. The molecule has 3 rings (SSSR count). The standard InChI is InChI=1S/C17H21N5O2/c1-24-14-9-13(10-18)22(11-14)16-8-7-15(20-21-16)17(23)19-12-5-3-2-4-6-12/h2-8,13-14H,9-11,18H2,1H3,(H,19,23)/t13-,14-/m0/s1. The Bertz CT molecular complexity index is 677. The van der Waals surface area contributed by atoms with E-state index >= 15 is 0 Å². The topological polar surface area (TPSA) is 93.4 Å². The number of hydrogen-bond acceptors (Lipinski definition) is 6. The fraction of sp³-hybridized carbons (Fsp3) is 0.353. The summed E-state index contributed by atoms with van der Waals surface area (Å²) in [6.07, 6.45) is 1.01. The van der Waals surface area contributed by atoms with Gasteiger partial charge in [0.25, 0.3) is 5.91 Å². The minimum atomic E-state index is -0.285. The van der Waals surface area contributed by atoms with Crippen LogP contribution in [0.5, 0.6) is 0 Å². The van der Waals surface area contributed by atoms with E-state index in [1.54, 1.807) is 19.2 Å². The van der Waals surface area contributed by atoms with Crippen LogP contribution in [0.25, 0.3) is 0 Å². The highest BCUT2D eigenvalue weighted by molar-refractivity contribution is 6.02. The molecule has 7 nitrogen and oxygen atoms in total. The van der Waals surface area contributed by atoms with Gasteiger partial charge in [-0.05, 0) is 30.7 Å². The minimum absolute atomic E-state index is 0.140. The van der Waals surface area contributed by atoms with E-state index in [-0.39, 0.29) is 23.7 Å². The van der Waals surface area contributed by atoms with Crippen molar-refractivity contribution in [2.45, 2.75) is 18.6 Å². The smallest absolute Gasteiger partial charge is 0.276 e. The van der Waals surface area contributed by atoms with Crippen LogP contribution in [0.4, 0.5) is 11.5 Å². The van der Waals surface area contributed by atoms with Crippen LogP contribution in [0.15, 0.2) is 42.5 Å². The molecule has 2 atom stereocenters. The molecule has 0 aliphatic carbocycles. The van der Waals surface area contributed by atoms with Gasteiger partial charge in [-0.1, -0.05) is 18.2 Å². The number of amides is 1. The number of carbonyl (C=O) groups is 1. The third-order valence-electron chi connectivity index (χ3n) is 4.19. The summed E-state index contributed by atoms with van der Waals surface area (Å²) in [4.78, 5) is 14.3. The molecule has 1 saturated heterocycles. The Morgan fingerprint density at radius 1 is 1.29 bits per heavy atom. The van der Waals surface area contributed by atoms with Gasteiger partial charge in [-0.15, -0.1) is 10.2 Å². The van der Waals surface area contributed by atoms with E-state index in [0.29, 0.717) is 12.4 Å². The predicted molar refractivity (Wildman–Crippen MR) is 92.0 cm³/mol. The number of ether oxygens (including phenoxy) is 1. The highest BCUT2D eigenvalue weighted by Crippen LogP contribution is 2.24. The van der Waals surface area contributed by atoms with E-state index < -0.39 is 0 Å². The fourth-order valence-electron chi connectivity index (χ4n) is 2.86. The van der Waals surface area contributed by atoms with Crippen LogP contribution in [0.3, 0.4) is 0 Å². The summed E-state index contributed by atoms with van der Waals surface area (Å²) < 4.78 is 5.41. The minimum Gasteiger partial charge on any atom is -0.380 e. The van der Waals surface area contributed by atoms with E-state index in [2.05, 4.69) is 20.4 Å². The lowest BCUT2D eigenvalue weighted by Gasteiger charge is -2.23. The summed E-state index contributed by atoms with van der Waals surface area (Å²) in [5, 5.41) is 11.0. The monoisotopic (exact) mass is 327 g/mol. The molecule has 0 saturated carbocycles. The van der Waals surface area contributed by atoms with Gasteiger partial charge in [0.1, 0.15) is 0 Å². The molecule has 0 spiro atoms. The second-order valence-electron chi connectivity index (χ2n) is 5.73. The van der Waals surface area contributed by atoms with Gasteiger partial charge in [0.05, 0.1) is 6.10 Å². The summed E-state index contributed by atoms with van der Waals surface area (Å²) in [7, 11) is 1.70. The van der Waals surface area contributed by atoms with E-state index in [1.807, 2.05) is 30.3 Å². The lowest BCUT2D eigenvalue weighted by Crippen LogP contribution is -2.36. The van der Waals surface area contributed by atoms with Crippen LogP contribution >= 0.6 is 0 Å². The van der Waals surface area contributed by atoms with Crippen molar-refractivity contribution < 1.29 is 9.53 Å². The highest BCUT2D eigenvalue weighted by Gasteiger charge is 2.32. The summed E-state index contributed by atoms with van der Waals surface area (Å²) in [6.45, 7) is 1.25. The summed E-state index contributed by atoms with van der Waals surface area (Å²) in [5.41, 5.74) is 6.83. The number of nitrogens with zero attached hydrogens (tertiary/aromatic N) is 3. The van der Waals surface area contributed by atoms with Crippen molar-refractivity contribution in [1.82, 2.24) is 10.2 Å². The zero-order chi connectivity index (χ0) is 16.9. The molecule has 1 aromatic carbocycles. The number of carbonyl (C=O) groups excluding carboxylic acids is 1. The van der Waals surface area contributed by atoms with Gasteiger partial charge in [-0.3, -0.25) is 4.79 Å². The van der Waals surface area contributed by atoms with Crippen LogP contribution in [-0.4, -0.2) is 48.4 Å². The van der Waals surface area contributed by atoms with Crippen LogP contribution in [0, 0.1) is 0 Å². The average molecular weight is 327 g/mol. The van der Waals surface area contributed by atoms with Crippen LogP contribution in [0.1, 0.15) is 16.9 Å². The lowest BCUT2D eigenvalue weighted by atomic mass is 10.2. The van der Waals surface area contributed by atoms with Crippen LogP contribution in [0.2, 0.25) is 0 Å². The van der Waals surface area contributed by atoms with Gasteiger partial charge in [0.15, 0.2) is 11.5 Å². The maximum atomic E-state index is 12.2. The first-order valence-corrected chi connectivity index (χ1v) is 7.91. The molecule has 3 N–H and O–H groups in total. The molecule has 7 heteroatoms. The predicted octanol–water partition coefficient (Wildman–Crippen LogP) is 1.28. The van der Waals surface area contributed by atoms with Crippen molar-refractivity contribution >= 4 is 17.4 Å². The van der Waals surface area contributed by atoms with Gasteiger partial charge in [0.2, 0.25) is 0 Å². The molecule has 1 aliphatic heterocycles. The number of aromatic nitrogens is 2. The number of nitrogens with two attached hydrogens (primary N) is 1. The molecule has 24 heavy (non-hydrogen) atoms. The van der Waals surface area contributed by atoms with Gasteiger partial charge in [0, 0.05) is 31.9 Å². The normalized spacial score (nSPS) is 20.2. The quantitative estimate of drug-likeness (QED) is 0.859. The number of para-hydroxylation sites is 1. The van der Waals surface area contributed by atoms with Crippen molar-refractivity contribution in [3.63, 3.8) is 0 Å². The van der Waals surface area contributed by atoms with E-state index in [4.69, 9.17) is 10.5 Å². The summed E-state index contributed by atoms with van der Waals surface area (Å²) in [5.74, 6) is 0.424. The van der Waals surface area contributed by atoms with Crippen LogP contribution < -0.4 is 16.0 Å². The number of anilines is 2. The third kappa shape index (κ3) is 3.52. The number of nitrogens with one attached hydrogen (secondary N) is 1. The van der Waals surface area contributed by atoms with Gasteiger partial charge in [-0.25, -0.2) is 0 Å². The van der Waals surface area contributed by atoms with Crippen LogP contribution in [-0.2, 0) is 4.74 Å². The Labute approximate surface area is 140 Å². The Morgan fingerprint density at radius 2 is 2.08 bits per heavy atom. The molecule has 126 valence electrons. The molecule has 1 aliphatic rings. The van der Waals surface area contributed by atoms with E-state index in [0.717, 1.165) is 18.7 Å². The number of benzene rings is 1. The Balaban J connectivity index is 1.70. The summed E-state index contributed by atoms with van der Waals surface area (Å²) in [6, 6.07) is 12.9. The second kappa shape index (κ2) is 7.37. The molecule has 2 aromatic rings.